The number of carbonyl (C=O) groups is 1. The molecule has 5 heteroatoms. The molecule has 2 aromatic rings. The largest absolute Gasteiger partial charge is 0.465 e. The SMILES string of the molecule is CCCOC(=NC(C)c1ccccc1)NC(=O)c1ccccc1Cl. The summed E-state index contributed by atoms with van der Waals surface area (Å²) in [4.78, 5) is 16.9. The molecule has 1 amide bonds. The standard InChI is InChI=1S/C19H21ClN2O2/c1-3-13-24-19(21-14(2)15-9-5-4-6-10-15)22-18(23)16-11-7-8-12-17(16)20/h4-12,14H,3,13H2,1-2H3,(H,21,22,23). The van der Waals surface area contributed by atoms with Crippen LogP contribution in [0.1, 0.15) is 42.2 Å². The molecular weight excluding hydrogens is 324 g/mol. The topological polar surface area (TPSA) is 50.7 Å². The number of hydrogen-bond donors (Lipinski definition) is 1. The van der Waals surface area contributed by atoms with Gasteiger partial charge in [-0.15, -0.1) is 0 Å². The quantitative estimate of drug-likeness (QED) is 0.636. The smallest absolute Gasteiger partial charge is 0.292 e. The second-order valence-electron chi connectivity index (χ2n) is 5.30. The number of amidine groups is 1. The Balaban J connectivity index is 2.17. The lowest BCUT2D eigenvalue weighted by Crippen LogP contribution is -2.33. The Bertz CT molecular complexity index is 702. The molecule has 0 saturated carbocycles. The third-order valence-corrected chi connectivity index (χ3v) is 3.70. The van der Waals surface area contributed by atoms with Gasteiger partial charge in [-0.2, -0.15) is 0 Å². The highest BCUT2D eigenvalue weighted by Gasteiger charge is 2.14. The lowest BCUT2D eigenvalue weighted by Gasteiger charge is -2.14. The lowest BCUT2D eigenvalue weighted by atomic mass is 10.1. The molecule has 1 unspecified atom stereocenters. The first-order valence-electron chi connectivity index (χ1n) is 7.93. The molecule has 0 saturated heterocycles. The van der Waals surface area contributed by atoms with Crippen molar-refractivity contribution in [3.05, 3.63) is 70.7 Å². The van der Waals surface area contributed by atoms with Crippen molar-refractivity contribution < 1.29 is 9.53 Å². The summed E-state index contributed by atoms with van der Waals surface area (Å²) in [5, 5.41) is 3.10. The van der Waals surface area contributed by atoms with Crippen molar-refractivity contribution in [2.24, 2.45) is 4.99 Å². The fourth-order valence-corrected chi connectivity index (χ4v) is 2.32. The lowest BCUT2D eigenvalue weighted by molar-refractivity contribution is 0.0965. The maximum absolute atomic E-state index is 12.4. The molecule has 1 N–H and O–H groups in total. The zero-order chi connectivity index (χ0) is 17.4. The summed E-state index contributed by atoms with van der Waals surface area (Å²) in [6, 6.07) is 16.8. The first-order valence-corrected chi connectivity index (χ1v) is 8.31. The molecule has 0 aliphatic carbocycles. The van der Waals surface area contributed by atoms with Gasteiger partial charge in [-0.3, -0.25) is 10.1 Å². The second-order valence-corrected chi connectivity index (χ2v) is 5.71. The first kappa shape index (κ1) is 18.0. The van der Waals surface area contributed by atoms with Crippen LogP contribution < -0.4 is 5.32 Å². The van der Waals surface area contributed by atoms with Crippen molar-refractivity contribution in [3.8, 4) is 0 Å². The average molecular weight is 345 g/mol. The summed E-state index contributed by atoms with van der Waals surface area (Å²) < 4.78 is 5.59. The molecule has 2 aromatic carbocycles. The van der Waals surface area contributed by atoms with Crippen molar-refractivity contribution >= 4 is 23.5 Å². The minimum absolute atomic E-state index is 0.135. The van der Waals surface area contributed by atoms with Gasteiger partial charge in [0.15, 0.2) is 0 Å². The second kappa shape index (κ2) is 9.08. The maximum Gasteiger partial charge on any atom is 0.292 e. The van der Waals surface area contributed by atoms with Gasteiger partial charge in [-0.25, -0.2) is 4.99 Å². The molecule has 0 aliphatic heterocycles. The normalized spacial score (nSPS) is 12.5. The van der Waals surface area contributed by atoms with Crippen molar-refractivity contribution in [2.45, 2.75) is 26.3 Å². The Morgan fingerprint density at radius 2 is 1.83 bits per heavy atom. The minimum atomic E-state index is -0.337. The van der Waals surface area contributed by atoms with E-state index in [1.54, 1.807) is 24.3 Å². The van der Waals surface area contributed by atoms with E-state index < -0.39 is 0 Å². The molecule has 0 bridgehead atoms. The van der Waals surface area contributed by atoms with Gasteiger partial charge in [0.05, 0.1) is 23.2 Å². The van der Waals surface area contributed by atoms with Crippen molar-refractivity contribution in [3.63, 3.8) is 0 Å². The van der Waals surface area contributed by atoms with Crippen LogP contribution in [0.25, 0.3) is 0 Å². The number of nitrogens with zero attached hydrogens (tertiary/aromatic N) is 1. The van der Waals surface area contributed by atoms with E-state index >= 15 is 0 Å². The molecule has 0 radical (unpaired) electrons. The van der Waals surface area contributed by atoms with Crippen molar-refractivity contribution in [2.75, 3.05) is 6.61 Å². The van der Waals surface area contributed by atoms with Crippen LogP contribution in [-0.4, -0.2) is 18.5 Å². The van der Waals surface area contributed by atoms with E-state index in [0.717, 1.165) is 12.0 Å². The molecule has 0 aliphatic rings. The highest BCUT2D eigenvalue weighted by atomic mass is 35.5. The number of ether oxygens (including phenoxy) is 1. The van der Waals surface area contributed by atoms with Crippen LogP contribution in [0.3, 0.4) is 0 Å². The average Bonchev–Trinajstić information content (AvgIpc) is 2.60. The van der Waals surface area contributed by atoms with E-state index in [0.29, 0.717) is 17.2 Å². The third-order valence-electron chi connectivity index (χ3n) is 3.37. The van der Waals surface area contributed by atoms with Crippen LogP contribution in [0.2, 0.25) is 5.02 Å². The summed E-state index contributed by atoms with van der Waals surface area (Å²) in [6.45, 7) is 4.42. The number of aliphatic imine (C=N–C) groups is 1. The van der Waals surface area contributed by atoms with Gasteiger partial charge < -0.3 is 4.74 Å². The molecule has 24 heavy (non-hydrogen) atoms. The molecule has 1 atom stereocenters. The van der Waals surface area contributed by atoms with Crippen LogP contribution in [0, 0.1) is 0 Å². The number of amides is 1. The third kappa shape index (κ3) is 5.10. The number of halogens is 1. The summed E-state index contributed by atoms with van der Waals surface area (Å²) in [6.07, 6.45) is 0.820. The summed E-state index contributed by atoms with van der Waals surface area (Å²) >= 11 is 6.07. The Hall–Kier alpha value is -2.33. The number of carbonyl (C=O) groups excluding carboxylic acids is 1. The number of nitrogens with one attached hydrogen (secondary N) is 1. The number of hydrogen-bond acceptors (Lipinski definition) is 3. The van der Waals surface area contributed by atoms with Gasteiger partial charge in [0.2, 0.25) is 0 Å². The summed E-state index contributed by atoms with van der Waals surface area (Å²) in [5.74, 6) is -0.337. The van der Waals surface area contributed by atoms with E-state index in [2.05, 4.69) is 10.3 Å². The highest BCUT2D eigenvalue weighted by Crippen LogP contribution is 2.17. The zero-order valence-corrected chi connectivity index (χ0v) is 14.6. The van der Waals surface area contributed by atoms with Crippen LogP contribution in [0.4, 0.5) is 0 Å². The molecule has 0 spiro atoms. The van der Waals surface area contributed by atoms with Crippen molar-refractivity contribution in [1.82, 2.24) is 5.32 Å². The first-order chi connectivity index (χ1) is 11.6. The van der Waals surface area contributed by atoms with Gasteiger partial charge in [0.1, 0.15) is 0 Å². The molecule has 126 valence electrons. The maximum atomic E-state index is 12.4. The molecule has 0 heterocycles. The van der Waals surface area contributed by atoms with Crippen molar-refractivity contribution in [1.29, 1.82) is 0 Å². The van der Waals surface area contributed by atoms with Crippen LogP contribution in [0.5, 0.6) is 0 Å². The Kier molecular flexibility index (Phi) is 6.82. The van der Waals surface area contributed by atoms with Crippen LogP contribution in [0.15, 0.2) is 59.6 Å². The minimum Gasteiger partial charge on any atom is -0.465 e. The summed E-state index contributed by atoms with van der Waals surface area (Å²) in [5.41, 5.74) is 1.43. The molecule has 0 aromatic heterocycles. The number of benzene rings is 2. The highest BCUT2D eigenvalue weighted by molar-refractivity contribution is 6.34. The predicted octanol–water partition coefficient (Wildman–Crippen LogP) is 4.61. The van der Waals surface area contributed by atoms with Gasteiger partial charge in [0.25, 0.3) is 11.9 Å². The van der Waals surface area contributed by atoms with E-state index in [-0.39, 0.29) is 18.0 Å². The molecule has 2 rings (SSSR count). The van der Waals surface area contributed by atoms with E-state index in [4.69, 9.17) is 16.3 Å². The van der Waals surface area contributed by atoms with E-state index in [1.165, 1.54) is 0 Å². The molecular formula is C19H21ClN2O2. The molecule has 4 nitrogen and oxygen atoms in total. The van der Waals surface area contributed by atoms with Gasteiger partial charge in [-0.05, 0) is 31.0 Å². The van der Waals surface area contributed by atoms with Gasteiger partial charge in [0, 0.05) is 0 Å². The Labute approximate surface area is 147 Å². The van der Waals surface area contributed by atoms with E-state index in [1.807, 2.05) is 44.2 Å². The molecule has 0 fully saturated rings. The predicted molar refractivity (Wildman–Crippen MR) is 97.5 cm³/mol. The van der Waals surface area contributed by atoms with Gasteiger partial charge >= 0.3 is 0 Å². The van der Waals surface area contributed by atoms with Crippen LogP contribution in [-0.2, 0) is 4.74 Å². The fourth-order valence-electron chi connectivity index (χ4n) is 2.10. The fraction of sp³-hybridized carbons (Fsp3) is 0.263. The zero-order valence-electron chi connectivity index (χ0n) is 13.8. The summed E-state index contributed by atoms with van der Waals surface area (Å²) in [7, 11) is 0. The Morgan fingerprint density at radius 3 is 2.50 bits per heavy atom. The van der Waals surface area contributed by atoms with Crippen LogP contribution >= 0.6 is 11.6 Å². The monoisotopic (exact) mass is 344 g/mol. The van der Waals surface area contributed by atoms with Gasteiger partial charge in [-0.1, -0.05) is 61.0 Å². The number of rotatable bonds is 5. The van der Waals surface area contributed by atoms with E-state index in [9.17, 15) is 4.79 Å². The Morgan fingerprint density at radius 1 is 1.17 bits per heavy atom.